The molecule has 442 valence electrons. The molecule has 2 atom stereocenters. The third-order valence-electron chi connectivity index (χ3n) is 14.9. The molecule has 3 aromatic carbocycles. The van der Waals surface area contributed by atoms with Crippen molar-refractivity contribution in [2.24, 2.45) is 5.92 Å². The van der Waals surface area contributed by atoms with E-state index in [1.807, 2.05) is 6.92 Å². The summed E-state index contributed by atoms with van der Waals surface area (Å²) < 4.78 is 24.2. The Morgan fingerprint density at radius 2 is 0.864 bits per heavy atom. The number of unbranched alkanes of at least 4 members (excludes halogenated alkanes) is 12. The molecule has 0 aliphatic heterocycles. The summed E-state index contributed by atoms with van der Waals surface area (Å²) in [5.41, 5.74) is 5.13. The predicted molar refractivity (Wildman–Crippen MR) is 322 cm³/mol. The van der Waals surface area contributed by atoms with E-state index in [4.69, 9.17) is 18.9 Å². The van der Waals surface area contributed by atoms with Gasteiger partial charge in [-0.2, -0.15) is 0 Å². The van der Waals surface area contributed by atoms with E-state index < -0.39 is 24.0 Å². The first-order valence-corrected chi connectivity index (χ1v) is 30.1. The molecule has 0 aromatic heterocycles. The third-order valence-corrected chi connectivity index (χ3v) is 14.9. The van der Waals surface area contributed by atoms with E-state index in [0.717, 1.165) is 77.0 Å². The largest absolute Gasteiger partial charge is 0.507 e. The van der Waals surface area contributed by atoms with Crippen LogP contribution >= 0.6 is 0 Å². The maximum atomic E-state index is 14.4. The van der Waals surface area contributed by atoms with E-state index in [2.05, 4.69) is 47.4 Å². The van der Waals surface area contributed by atoms with Gasteiger partial charge in [-0.15, -0.1) is 0 Å². The number of phenols is 1. The summed E-state index contributed by atoms with van der Waals surface area (Å²) in [6.07, 6.45) is 15.8. The van der Waals surface area contributed by atoms with Gasteiger partial charge in [0.25, 0.3) is 0 Å². The lowest BCUT2D eigenvalue weighted by Gasteiger charge is -2.27. The van der Waals surface area contributed by atoms with Crippen LogP contribution in [0.2, 0.25) is 0 Å². The predicted octanol–water partition coefficient (Wildman–Crippen LogP) is 15.1. The Morgan fingerprint density at radius 3 is 1.26 bits per heavy atom. The number of esters is 2. The molecule has 1 aliphatic carbocycles. The molecule has 12 nitrogen and oxygen atoms in total. The monoisotopic (exact) mass is 1110 g/mol. The number of carbonyl (C=O) groups excluding carboxylic acids is 6. The molecular formula is C69H94O12. The van der Waals surface area contributed by atoms with Gasteiger partial charge in [0.2, 0.25) is 0 Å². The molecule has 2 unspecified atom stereocenters. The van der Waals surface area contributed by atoms with Crippen LogP contribution < -0.4 is 9.47 Å². The second kappa shape index (κ2) is 35.5. The Kier molecular flexibility index (Phi) is 29.4. The third kappa shape index (κ3) is 21.8. The first-order valence-electron chi connectivity index (χ1n) is 30.1. The Morgan fingerprint density at radius 1 is 0.506 bits per heavy atom. The second-order valence-electron chi connectivity index (χ2n) is 22.3. The molecule has 0 amide bonds. The van der Waals surface area contributed by atoms with E-state index in [9.17, 15) is 39.0 Å². The van der Waals surface area contributed by atoms with Gasteiger partial charge in [0.1, 0.15) is 43.7 Å². The van der Waals surface area contributed by atoms with Gasteiger partial charge in [0, 0.05) is 71.9 Å². The summed E-state index contributed by atoms with van der Waals surface area (Å²) in [6, 6.07) is 10.5. The number of rotatable bonds is 35. The molecule has 2 N–H and O–H groups in total. The van der Waals surface area contributed by atoms with Crippen LogP contribution in [0.4, 0.5) is 0 Å². The normalized spacial score (nSPS) is 14.7. The van der Waals surface area contributed by atoms with Gasteiger partial charge in [-0.05, 0) is 140 Å². The number of Topliss-reactive ketones (excluding diaryl/α,β-unsaturated/α-hetero) is 4. The summed E-state index contributed by atoms with van der Waals surface area (Å²) >= 11 is 0. The average molecular weight is 1120 g/mol. The van der Waals surface area contributed by atoms with Gasteiger partial charge in [-0.1, -0.05) is 131 Å². The van der Waals surface area contributed by atoms with Crippen LogP contribution in [0, 0.1) is 5.92 Å². The number of aliphatic hydroxyl groups excluding tert-OH is 1. The number of hydrogen-bond donors (Lipinski definition) is 2. The van der Waals surface area contributed by atoms with E-state index in [1.54, 1.807) is 56.3 Å². The fourth-order valence-corrected chi connectivity index (χ4v) is 10.2. The lowest BCUT2D eigenvalue weighted by atomic mass is 9.83. The maximum absolute atomic E-state index is 14.4. The quantitative estimate of drug-likeness (QED) is 0.0247. The summed E-state index contributed by atoms with van der Waals surface area (Å²) in [5, 5.41) is 25.6. The molecule has 0 heterocycles. The number of benzene rings is 3. The van der Waals surface area contributed by atoms with Crippen LogP contribution in [0.1, 0.15) is 241 Å². The zero-order chi connectivity index (χ0) is 59.4. The fourth-order valence-electron chi connectivity index (χ4n) is 10.2. The molecule has 4 rings (SSSR count). The zero-order valence-electron chi connectivity index (χ0n) is 50.1. The number of fused-ring (bicyclic) bond motifs is 6. The number of hydrogen-bond acceptors (Lipinski definition) is 12. The van der Waals surface area contributed by atoms with Crippen LogP contribution in [-0.2, 0) is 49.5 Å². The summed E-state index contributed by atoms with van der Waals surface area (Å²) in [6.45, 7) is 24.6. The molecule has 3 aromatic rings. The first-order chi connectivity index (χ1) is 38.8. The van der Waals surface area contributed by atoms with Crippen molar-refractivity contribution in [2.45, 2.75) is 209 Å². The van der Waals surface area contributed by atoms with Crippen molar-refractivity contribution in [3.05, 3.63) is 135 Å². The minimum atomic E-state index is -1.24. The highest BCUT2D eigenvalue weighted by Crippen LogP contribution is 2.40. The molecule has 81 heavy (non-hydrogen) atoms. The molecule has 0 saturated heterocycles. The Hall–Kier alpha value is -6.40. The van der Waals surface area contributed by atoms with Crippen molar-refractivity contribution in [1.29, 1.82) is 0 Å². The van der Waals surface area contributed by atoms with Crippen LogP contribution in [-0.4, -0.2) is 77.8 Å². The topological polar surface area (TPSA) is 180 Å². The fraction of sp³-hybridized carbons (Fsp3) is 0.536. The first kappa shape index (κ1) is 67.1. The molecule has 0 spiro atoms. The molecular weight excluding hydrogens is 1020 g/mol. The van der Waals surface area contributed by atoms with Gasteiger partial charge in [-0.3, -0.25) is 19.2 Å². The molecule has 0 saturated carbocycles. The van der Waals surface area contributed by atoms with Gasteiger partial charge in [0.05, 0.1) is 6.10 Å². The van der Waals surface area contributed by atoms with Crippen LogP contribution in [0.15, 0.2) is 84.5 Å². The Bertz CT molecular complexity index is 2700. The maximum Gasteiger partial charge on any atom is 0.333 e. The van der Waals surface area contributed by atoms with Crippen molar-refractivity contribution >= 4 is 35.1 Å². The van der Waals surface area contributed by atoms with Crippen molar-refractivity contribution < 1.29 is 57.9 Å². The highest BCUT2D eigenvalue weighted by molar-refractivity contribution is 5.99. The van der Waals surface area contributed by atoms with Crippen molar-refractivity contribution in [3.8, 4) is 17.2 Å². The van der Waals surface area contributed by atoms with E-state index >= 15 is 0 Å². The summed E-state index contributed by atoms with van der Waals surface area (Å²) in [5.74, 6) is -1.66. The average Bonchev–Trinajstić information content (AvgIpc) is 3.52. The van der Waals surface area contributed by atoms with E-state index in [-0.39, 0.29) is 117 Å². The van der Waals surface area contributed by atoms with E-state index in [0.29, 0.717) is 99.2 Å². The Balaban J connectivity index is 2.15. The number of ketones is 4. The Labute approximate surface area is 483 Å². The number of phenolic OH excluding ortho intramolecular Hbond substituents is 1. The van der Waals surface area contributed by atoms with Gasteiger partial charge in [0.15, 0.2) is 23.1 Å². The minimum absolute atomic E-state index is 0.00187. The van der Waals surface area contributed by atoms with Crippen molar-refractivity contribution in [1.82, 2.24) is 0 Å². The highest BCUT2D eigenvalue weighted by atomic mass is 16.6. The van der Waals surface area contributed by atoms with Gasteiger partial charge in [-0.25, -0.2) is 9.59 Å². The van der Waals surface area contributed by atoms with Gasteiger partial charge < -0.3 is 29.2 Å². The highest BCUT2D eigenvalue weighted by Gasteiger charge is 2.29. The summed E-state index contributed by atoms with van der Waals surface area (Å²) in [4.78, 5) is 82.2. The number of ether oxygens (including phenoxy) is 4. The SMILES string of the molecule is C=C(C)C(=O)OCCOc1c2cc(C(=O)CCCCCC)cc1Cc1cc(C(=O)CCCCCC)cc(c1O)Cc1cc(C(=O)CCCCCC)cc(c1OCCOC(=O)C(=C)C)CC(C)C(O)/C(=C\C(=C)C(=O)CCCCCC)C2. The number of carbonyl (C=O) groups is 6. The molecule has 0 radical (unpaired) electrons. The standard InChI is InChI=1S/C69H94O12/c1-11-15-19-23-27-60(70)48(9)35-53-43-57-41-52(63(73)30-26-22-18-14-4)42-59(67(57)79-32-34-81-69(77)47(7)8)45-55-38-50(61(71)28-24-20-16-12-2)37-54(65(55)75)44-58-40-51(62(72)29-25-21-17-13-3)39-56(36-49(10)64(53)74)66(58)78-31-33-80-68(76)46(5)6/h35,37-42,49,64,74-75H,5,7,9,11-34,36,43-45H2,1-4,6,8,10H3/b53-35-. The molecule has 1 aliphatic rings. The van der Waals surface area contributed by atoms with Crippen LogP contribution in [0.3, 0.4) is 0 Å². The van der Waals surface area contributed by atoms with Crippen molar-refractivity contribution in [2.75, 3.05) is 26.4 Å². The van der Waals surface area contributed by atoms with Gasteiger partial charge >= 0.3 is 11.9 Å². The minimum Gasteiger partial charge on any atom is -0.507 e. The molecule has 12 heteroatoms. The second-order valence-corrected chi connectivity index (χ2v) is 22.3. The van der Waals surface area contributed by atoms with Crippen LogP contribution in [0.25, 0.3) is 0 Å². The van der Waals surface area contributed by atoms with E-state index in [1.165, 1.54) is 0 Å². The molecule has 0 fully saturated rings. The van der Waals surface area contributed by atoms with Crippen LogP contribution in [0.5, 0.6) is 17.2 Å². The lowest BCUT2D eigenvalue weighted by Crippen LogP contribution is -2.25. The summed E-state index contributed by atoms with van der Waals surface area (Å²) in [7, 11) is 0. The number of aromatic hydroxyl groups is 1. The number of aliphatic hydroxyl groups is 1. The molecule has 6 bridgehead atoms. The van der Waals surface area contributed by atoms with Crippen molar-refractivity contribution in [3.63, 3.8) is 0 Å². The lowest BCUT2D eigenvalue weighted by molar-refractivity contribution is -0.140. The smallest absolute Gasteiger partial charge is 0.333 e. The zero-order valence-corrected chi connectivity index (χ0v) is 50.1. The number of allylic oxidation sites excluding steroid dienone is 2.